The molecule has 7 heteroatoms. The largest absolute Gasteiger partial charge is 0.481 e. The van der Waals surface area contributed by atoms with Crippen LogP contribution in [0.3, 0.4) is 0 Å². The summed E-state index contributed by atoms with van der Waals surface area (Å²) in [5, 5.41) is -0.101. The fourth-order valence-corrected chi connectivity index (χ4v) is 4.19. The molecule has 0 atom stereocenters. The van der Waals surface area contributed by atoms with Crippen molar-refractivity contribution in [1.29, 1.82) is 0 Å². The van der Waals surface area contributed by atoms with Gasteiger partial charge in [-0.15, -0.1) is 0 Å². The van der Waals surface area contributed by atoms with E-state index in [1.165, 1.54) is 17.3 Å². The lowest BCUT2D eigenvalue weighted by atomic mass is 10.1. The maximum atomic E-state index is 12.3. The van der Waals surface area contributed by atoms with Gasteiger partial charge in [0, 0.05) is 11.3 Å². The lowest BCUT2D eigenvalue weighted by Crippen LogP contribution is -2.14. The van der Waals surface area contributed by atoms with Gasteiger partial charge in [0.2, 0.25) is 5.12 Å². The molecule has 0 unspecified atom stereocenters. The third-order valence-electron chi connectivity index (χ3n) is 3.67. The van der Waals surface area contributed by atoms with Crippen molar-refractivity contribution >= 4 is 45.1 Å². The van der Waals surface area contributed by atoms with Crippen molar-refractivity contribution in [2.24, 2.45) is 4.99 Å². The van der Waals surface area contributed by atoms with Gasteiger partial charge in [-0.1, -0.05) is 60.3 Å². The van der Waals surface area contributed by atoms with Gasteiger partial charge in [-0.2, -0.15) is 0 Å². The van der Waals surface area contributed by atoms with Crippen molar-refractivity contribution < 1.29 is 19.1 Å². The third-order valence-corrected chi connectivity index (χ3v) is 5.75. The van der Waals surface area contributed by atoms with E-state index in [0.717, 1.165) is 21.9 Å². The zero-order valence-electron chi connectivity index (χ0n) is 15.3. The van der Waals surface area contributed by atoms with Crippen molar-refractivity contribution in [3.05, 3.63) is 71.4 Å². The third kappa shape index (κ3) is 5.74. The van der Waals surface area contributed by atoms with E-state index in [9.17, 15) is 9.59 Å². The SMILES string of the molecule is CCOC(=O)COc1ccccc1C=C1N=C(SCc2ccccc2)SC1=O. The van der Waals surface area contributed by atoms with E-state index in [-0.39, 0.29) is 11.7 Å². The second kappa shape index (κ2) is 10.1. The molecule has 3 rings (SSSR count). The number of ether oxygens (including phenoxy) is 2. The number of esters is 1. The lowest BCUT2D eigenvalue weighted by molar-refractivity contribution is -0.145. The topological polar surface area (TPSA) is 65.0 Å². The molecule has 0 saturated carbocycles. The summed E-state index contributed by atoms with van der Waals surface area (Å²) in [6.45, 7) is 1.86. The number of hydrogen-bond donors (Lipinski definition) is 0. The summed E-state index contributed by atoms with van der Waals surface area (Å²) in [6.07, 6.45) is 1.69. The number of benzene rings is 2. The molecule has 144 valence electrons. The van der Waals surface area contributed by atoms with Crippen molar-refractivity contribution in [3.63, 3.8) is 0 Å². The molecule has 0 amide bonds. The Labute approximate surface area is 172 Å². The molecule has 0 N–H and O–H groups in total. The van der Waals surface area contributed by atoms with E-state index < -0.39 is 5.97 Å². The van der Waals surface area contributed by atoms with Crippen molar-refractivity contribution in [1.82, 2.24) is 0 Å². The van der Waals surface area contributed by atoms with E-state index in [1.54, 1.807) is 25.1 Å². The van der Waals surface area contributed by atoms with Crippen LogP contribution in [-0.2, 0) is 20.1 Å². The number of hydrogen-bond acceptors (Lipinski definition) is 7. The maximum Gasteiger partial charge on any atom is 0.344 e. The van der Waals surface area contributed by atoms with Crippen LogP contribution < -0.4 is 4.74 Å². The number of para-hydroxylation sites is 1. The molecular weight excluding hydrogens is 394 g/mol. The van der Waals surface area contributed by atoms with Crippen LogP contribution in [0.1, 0.15) is 18.1 Å². The Kier molecular flexibility index (Phi) is 7.33. The highest BCUT2D eigenvalue weighted by molar-refractivity contribution is 8.45. The van der Waals surface area contributed by atoms with Gasteiger partial charge in [0.15, 0.2) is 6.61 Å². The van der Waals surface area contributed by atoms with Gasteiger partial charge in [0.1, 0.15) is 15.8 Å². The molecule has 5 nitrogen and oxygen atoms in total. The number of aliphatic imine (C=N–C) groups is 1. The monoisotopic (exact) mass is 413 g/mol. The average Bonchev–Trinajstić information content (AvgIpc) is 3.06. The van der Waals surface area contributed by atoms with E-state index in [4.69, 9.17) is 9.47 Å². The van der Waals surface area contributed by atoms with Gasteiger partial charge in [-0.25, -0.2) is 9.79 Å². The second-order valence-electron chi connectivity index (χ2n) is 5.70. The fraction of sp³-hybridized carbons (Fsp3) is 0.190. The molecular formula is C21H19NO4S2. The van der Waals surface area contributed by atoms with Gasteiger partial charge in [-0.05, 0) is 36.4 Å². The van der Waals surface area contributed by atoms with Crippen LogP contribution >= 0.6 is 23.5 Å². The Bertz CT molecular complexity index is 910. The molecule has 28 heavy (non-hydrogen) atoms. The summed E-state index contributed by atoms with van der Waals surface area (Å²) in [7, 11) is 0. The summed E-state index contributed by atoms with van der Waals surface area (Å²) in [6, 6.07) is 17.2. The minimum atomic E-state index is -0.435. The smallest absolute Gasteiger partial charge is 0.344 e. The summed E-state index contributed by atoms with van der Waals surface area (Å²) < 4.78 is 11.1. The summed E-state index contributed by atoms with van der Waals surface area (Å²) in [4.78, 5) is 28.3. The van der Waals surface area contributed by atoms with Gasteiger partial charge in [-0.3, -0.25) is 4.79 Å². The fourth-order valence-electron chi connectivity index (χ4n) is 2.39. The van der Waals surface area contributed by atoms with Crippen molar-refractivity contribution in [2.45, 2.75) is 12.7 Å². The lowest BCUT2D eigenvalue weighted by Gasteiger charge is -2.08. The van der Waals surface area contributed by atoms with Crippen LogP contribution in [0.25, 0.3) is 6.08 Å². The molecule has 1 heterocycles. The standard InChI is InChI=1S/C21H19NO4S2/c1-2-25-19(23)13-26-18-11-7-6-10-16(18)12-17-20(24)28-21(22-17)27-14-15-8-4-3-5-9-15/h3-12H,2,13-14H2,1H3. The number of nitrogens with zero attached hydrogens (tertiary/aromatic N) is 1. The molecule has 1 aliphatic heterocycles. The molecule has 0 bridgehead atoms. The van der Waals surface area contributed by atoms with Crippen LogP contribution in [0, 0.1) is 0 Å². The molecule has 0 radical (unpaired) electrons. The Hall–Kier alpha value is -2.51. The average molecular weight is 414 g/mol. The summed E-state index contributed by atoms with van der Waals surface area (Å²) >= 11 is 2.67. The predicted octanol–water partition coefficient (Wildman–Crippen LogP) is 4.53. The number of thioether (sulfide) groups is 2. The first-order chi connectivity index (χ1) is 13.7. The molecule has 2 aromatic carbocycles. The Balaban J connectivity index is 1.69. The predicted molar refractivity (Wildman–Crippen MR) is 114 cm³/mol. The normalized spacial score (nSPS) is 14.8. The van der Waals surface area contributed by atoms with E-state index in [1.807, 2.05) is 42.5 Å². The molecule has 0 saturated heterocycles. The highest BCUT2D eigenvalue weighted by Crippen LogP contribution is 2.33. The van der Waals surface area contributed by atoms with E-state index in [0.29, 0.717) is 23.6 Å². The zero-order chi connectivity index (χ0) is 19.8. The quantitative estimate of drug-likeness (QED) is 0.491. The maximum absolute atomic E-state index is 12.3. The van der Waals surface area contributed by atoms with Gasteiger partial charge < -0.3 is 9.47 Å². The highest BCUT2D eigenvalue weighted by Gasteiger charge is 2.23. The molecule has 0 aliphatic carbocycles. The first-order valence-corrected chi connectivity index (χ1v) is 10.5. The van der Waals surface area contributed by atoms with Gasteiger partial charge in [0.25, 0.3) is 0 Å². The Morgan fingerprint density at radius 2 is 1.89 bits per heavy atom. The van der Waals surface area contributed by atoms with E-state index in [2.05, 4.69) is 4.99 Å². The van der Waals surface area contributed by atoms with Gasteiger partial charge >= 0.3 is 5.97 Å². The van der Waals surface area contributed by atoms with E-state index >= 15 is 0 Å². The molecule has 1 aliphatic rings. The van der Waals surface area contributed by atoms with Gasteiger partial charge in [0.05, 0.1) is 6.61 Å². The van der Waals surface area contributed by atoms with Crippen molar-refractivity contribution in [3.8, 4) is 5.75 Å². The summed E-state index contributed by atoms with van der Waals surface area (Å²) in [5.74, 6) is 0.823. The highest BCUT2D eigenvalue weighted by atomic mass is 32.2. The zero-order valence-corrected chi connectivity index (χ0v) is 16.9. The molecule has 0 fully saturated rings. The first kappa shape index (κ1) is 20.2. The molecule has 0 spiro atoms. The first-order valence-electron chi connectivity index (χ1n) is 8.72. The minimum absolute atomic E-state index is 0.101. The van der Waals surface area contributed by atoms with Crippen LogP contribution in [0.15, 0.2) is 65.3 Å². The summed E-state index contributed by atoms with van der Waals surface area (Å²) in [5.41, 5.74) is 2.24. The number of carbonyl (C=O) groups excluding carboxylic acids is 2. The molecule has 2 aromatic rings. The van der Waals surface area contributed by atoms with Crippen molar-refractivity contribution in [2.75, 3.05) is 13.2 Å². The number of carbonyl (C=O) groups is 2. The number of rotatable bonds is 7. The van der Waals surface area contributed by atoms with Crippen LogP contribution in [0.4, 0.5) is 0 Å². The van der Waals surface area contributed by atoms with Crippen LogP contribution in [0.2, 0.25) is 0 Å². The molecule has 0 aromatic heterocycles. The Morgan fingerprint density at radius 3 is 2.68 bits per heavy atom. The van der Waals surface area contributed by atoms with Crippen LogP contribution in [-0.4, -0.2) is 28.7 Å². The minimum Gasteiger partial charge on any atom is -0.481 e. The Morgan fingerprint density at radius 1 is 1.14 bits per heavy atom. The second-order valence-corrected chi connectivity index (χ2v) is 7.89. The van der Waals surface area contributed by atoms with Crippen LogP contribution in [0.5, 0.6) is 5.75 Å².